The Bertz CT molecular complexity index is 1160. The fourth-order valence-electron chi connectivity index (χ4n) is 11.2. The maximum Gasteiger partial charge on any atom is 0.502 e. The lowest BCUT2D eigenvalue weighted by molar-refractivity contribution is 0.124. The molecular formula is C35H62O7Si5. The molecule has 4 fully saturated rings. The highest BCUT2D eigenvalue weighted by Crippen LogP contribution is 2.50. The Balaban J connectivity index is 1.16. The fourth-order valence-corrected chi connectivity index (χ4v) is 40.3. The first-order valence-electron chi connectivity index (χ1n) is 18.9. The number of rotatable bonds is 14. The minimum Gasteiger partial charge on any atom is -0.416 e. The van der Waals surface area contributed by atoms with Crippen LogP contribution in [0.1, 0.15) is 57.8 Å². The van der Waals surface area contributed by atoms with Gasteiger partial charge < -0.3 is 29.7 Å². The molecule has 1 aliphatic heterocycles. The molecule has 11 unspecified atom stereocenters. The molecule has 6 aliphatic carbocycles. The zero-order valence-corrected chi connectivity index (χ0v) is 35.2. The van der Waals surface area contributed by atoms with Crippen molar-refractivity contribution in [2.45, 2.75) is 108 Å². The summed E-state index contributed by atoms with van der Waals surface area (Å²) < 4.78 is 48.5. The summed E-state index contributed by atoms with van der Waals surface area (Å²) in [6.45, 7) is 9.28. The molecule has 264 valence electrons. The van der Waals surface area contributed by atoms with Crippen molar-refractivity contribution in [2.24, 2.45) is 53.3 Å². The molecule has 7 aliphatic rings. The Kier molecular flexibility index (Phi) is 10.2. The molecule has 0 amide bonds. The molecule has 3 saturated carbocycles. The minimum atomic E-state index is -3.00. The third-order valence-corrected chi connectivity index (χ3v) is 36.9. The lowest BCUT2D eigenvalue weighted by Crippen LogP contribution is -2.69. The van der Waals surface area contributed by atoms with E-state index in [9.17, 15) is 0 Å². The van der Waals surface area contributed by atoms with E-state index in [2.05, 4.69) is 62.6 Å². The summed E-state index contributed by atoms with van der Waals surface area (Å²) in [5.41, 5.74) is 0.547. The first kappa shape index (κ1) is 35.4. The van der Waals surface area contributed by atoms with E-state index in [4.69, 9.17) is 29.7 Å². The molecule has 47 heavy (non-hydrogen) atoms. The van der Waals surface area contributed by atoms with Gasteiger partial charge in [0.2, 0.25) is 0 Å². The summed E-state index contributed by atoms with van der Waals surface area (Å²) in [4.78, 5) is 0. The Morgan fingerprint density at radius 1 is 0.489 bits per heavy atom. The highest BCUT2D eigenvalue weighted by atomic mass is 28.5. The fraction of sp³-hybridized carbons (Fsp3) is 0.829. The first-order valence-corrected chi connectivity index (χ1v) is 30.9. The van der Waals surface area contributed by atoms with Crippen molar-refractivity contribution in [1.29, 1.82) is 0 Å². The van der Waals surface area contributed by atoms with Crippen LogP contribution in [0.2, 0.25) is 50.0 Å². The van der Waals surface area contributed by atoms with Crippen molar-refractivity contribution in [3.8, 4) is 0 Å². The lowest BCUT2D eigenvalue weighted by atomic mass is 9.91. The van der Waals surface area contributed by atoms with Crippen molar-refractivity contribution in [1.82, 2.24) is 0 Å². The van der Waals surface area contributed by atoms with Crippen LogP contribution in [0.4, 0.5) is 0 Å². The molecule has 1 saturated heterocycles. The highest BCUT2D eigenvalue weighted by molar-refractivity contribution is 6.96. The summed E-state index contributed by atoms with van der Waals surface area (Å²) >= 11 is 0. The van der Waals surface area contributed by atoms with Gasteiger partial charge in [0.05, 0.1) is 5.67 Å². The molecule has 0 N–H and O–H groups in total. The van der Waals surface area contributed by atoms with Crippen LogP contribution in [0.15, 0.2) is 36.5 Å². The quantitative estimate of drug-likeness (QED) is 0.131. The van der Waals surface area contributed by atoms with Gasteiger partial charge in [-0.1, -0.05) is 36.5 Å². The zero-order chi connectivity index (χ0) is 33.1. The van der Waals surface area contributed by atoms with Crippen molar-refractivity contribution < 1.29 is 29.7 Å². The molecular weight excluding hydrogens is 673 g/mol. The summed E-state index contributed by atoms with van der Waals surface area (Å²) in [6.07, 6.45) is 26.3. The molecule has 7 nitrogen and oxygen atoms in total. The van der Waals surface area contributed by atoms with Crippen LogP contribution in [0.25, 0.3) is 0 Å². The van der Waals surface area contributed by atoms with E-state index in [1.165, 1.54) is 44.9 Å². The molecule has 7 rings (SSSR count). The van der Waals surface area contributed by atoms with Gasteiger partial charge in [-0.2, -0.15) is 0 Å². The van der Waals surface area contributed by atoms with Gasteiger partial charge in [0.15, 0.2) is 0 Å². The number of hydrogen-bond acceptors (Lipinski definition) is 7. The molecule has 0 aromatic rings. The second-order valence-electron chi connectivity index (χ2n) is 17.2. The van der Waals surface area contributed by atoms with Crippen molar-refractivity contribution >= 4 is 43.0 Å². The van der Waals surface area contributed by atoms with E-state index >= 15 is 0 Å². The highest BCUT2D eigenvalue weighted by Gasteiger charge is 2.61. The third-order valence-electron chi connectivity index (χ3n) is 13.4. The Labute approximate surface area is 290 Å². The van der Waals surface area contributed by atoms with Gasteiger partial charge in [-0.15, -0.1) is 0 Å². The van der Waals surface area contributed by atoms with Crippen LogP contribution in [-0.2, 0) is 29.7 Å². The van der Waals surface area contributed by atoms with E-state index in [0.29, 0.717) is 5.67 Å². The van der Waals surface area contributed by atoms with E-state index < -0.39 is 43.0 Å². The molecule has 0 spiro atoms. The van der Waals surface area contributed by atoms with Crippen LogP contribution >= 0.6 is 0 Å². The van der Waals surface area contributed by atoms with E-state index in [0.717, 1.165) is 84.2 Å². The van der Waals surface area contributed by atoms with Crippen LogP contribution < -0.4 is 0 Å². The summed E-state index contributed by atoms with van der Waals surface area (Å²) in [5, 5.41) is 0. The minimum absolute atomic E-state index is 0.547. The van der Waals surface area contributed by atoms with Crippen LogP contribution in [0.3, 0.4) is 0 Å². The van der Waals surface area contributed by atoms with Gasteiger partial charge in [0.1, 0.15) is 0 Å². The smallest absolute Gasteiger partial charge is 0.416 e. The van der Waals surface area contributed by atoms with Gasteiger partial charge in [0, 0.05) is 21.3 Å². The van der Waals surface area contributed by atoms with E-state index in [1.807, 2.05) is 0 Å². The number of fused-ring (bicyclic) bond motifs is 6. The van der Waals surface area contributed by atoms with Gasteiger partial charge in [-0.05, 0) is 155 Å². The zero-order valence-electron chi connectivity index (χ0n) is 30.2. The standard InChI is InChI=1S/C35H62O7Si5/c1-36-47(37-2,38-3)26-46(7)41-44(5,18-15-34-24-28-9-12-31(34)21-28)39-43(4,17-14-33-23-27-8-11-30(33)20-27)40-45(6,42-46)19-16-35-25-29-10-13-32(35)22-29/h8-13,27-35H,14-26H2,1-7H3. The Hall–Kier alpha value is 0.0244. The average Bonchev–Trinajstić information content (AvgIpc) is 3.89. The molecule has 11 atom stereocenters. The van der Waals surface area contributed by atoms with Crippen LogP contribution in [0, 0.1) is 53.3 Å². The van der Waals surface area contributed by atoms with Gasteiger partial charge in [-0.3, -0.25) is 0 Å². The molecule has 6 bridgehead atoms. The van der Waals surface area contributed by atoms with Gasteiger partial charge >= 0.3 is 43.0 Å². The van der Waals surface area contributed by atoms with Gasteiger partial charge in [0.25, 0.3) is 0 Å². The number of allylic oxidation sites excluding steroid dienone is 6. The topological polar surface area (TPSA) is 64.6 Å². The van der Waals surface area contributed by atoms with Crippen molar-refractivity contribution in [3.63, 3.8) is 0 Å². The maximum absolute atomic E-state index is 7.64. The summed E-state index contributed by atoms with van der Waals surface area (Å²) in [6, 6.07) is 3.01. The second-order valence-corrected chi connectivity index (χ2v) is 35.0. The Morgan fingerprint density at radius 2 is 0.809 bits per heavy atom. The molecule has 1 heterocycles. The summed E-state index contributed by atoms with van der Waals surface area (Å²) in [5.74, 6) is 6.75. The van der Waals surface area contributed by atoms with Crippen molar-refractivity contribution in [2.75, 3.05) is 21.3 Å². The van der Waals surface area contributed by atoms with Crippen molar-refractivity contribution in [3.05, 3.63) is 36.5 Å². The Morgan fingerprint density at radius 3 is 1.06 bits per heavy atom. The summed E-state index contributed by atoms with van der Waals surface area (Å²) in [7, 11) is -8.96. The van der Waals surface area contributed by atoms with Gasteiger partial charge in [-0.25, -0.2) is 0 Å². The molecule has 0 aromatic carbocycles. The van der Waals surface area contributed by atoms with E-state index in [1.54, 1.807) is 21.3 Å². The molecule has 0 radical (unpaired) electrons. The average molecular weight is 735 g/mol. The number of hydrogen-bond donors (Lipinski definition) is 0. The lowest BCUT2D eigenvalue weighted by Gasteiger charge is -2.51. The largest absolute Gasteiger partial charge is 0.502 e. The molecule has 0 aromatic heterocycles. The molecule has 12 heteroatoms. The first-order chi connectivity index (χ1) is 22.4. The van der Waals surface area contributed by atoms with E-state index in [-0.39, 0.29) is 0 Å². The normalized spacial score (nSPS) is 48.2. The predicted molar refractivity (Wildman–Crippen MR) is 197 cm³/mol. The van der Waals surface area contributed by atoms with Crippen LogP contribution in [-0.4, -0.2) is 64.4 Å². The monoisotopic (exact) mass is 734 g/mol. The van der Waals surface area contributed by atoms with Crippen LogP contribution in [0.5, 0.6) is 0 Å². The maximum atomic E-state index is 7.64. The SMILES string of the molecule is CO[Si](C[Si]1(C)O[Si](C)(CCC2CC3C=CC2C3)O[Si](C)(CCC2CC3C=CC2C3)O[Si](C)(CCC2CC3C=CC2C3)O1)(OC)OC. The predicted octanol–water partition coefficient (Wildman–Crippen LogP) is 8.58. The second kappa shape index (κ2) is 13.5. The third kappa shape index (κ3) is 7.64.